The number of aromatic nitrogens is 2. The number of hydrogen-bond donors (Lipinski definition) is 1. The van der Waals surface area contributed by atoms with Crippen molar-refractivity contribution in [2.24, 2.45) is 0 Å². The lowest BCUT2D eigenvalue weighted by Crippen LogP contribution is -2.29. The standard InChI is InChI=1S/C24H21N3O7S/c1-12-25-26-24(35-12)27-20(13-4-6-15(31-2)17(10-13)32-3)19(22(29)23(27)30)21(28)14-5-7-16-18(11-14)34-9-8-33-16/h4-7,10-11,20,28H,8-9H2,1-3H3/b21-19-. The van der Waals surface area contributed by atoms with Gasteiger partial charge >= 0.3 is 5.91 Å². The quantitative estimate of drug-likeness (QED) is 0.323. The van der Waals surface area contributed by atoms with Crippen LogP contribution in [-0.2, 0) is 9.59 Å². The molecule has 0 bridgehead atoms. The van der Waals surface area contributed by atoms with E-state index in [2.05, 4.69) is 10.2 Å². The molecule has 2 aromatic carbocycles. The third-order valence-electron chi connectivity index (χ3n) is 5.70. The molecule has 10 nitrogen and oxygen atoms in total. The molecule has 1 atom stereocenters. The van der Waals surface area contributed by atoms with Crippen LogP contribution in [0.1, 0.15) is 22.2 Å². The van der Waals surface area contributed by atoms with Crippen molar-refractivity contribution in [3.63, 3.8) is 0 Å². The van der Waals surface area contributed by atoms with E-state index < -0.39 is 17.7 Å². The average molecular weight is 496 g/mol. The fourth-order valence-electron chi connectivity index (χ4n) is 4.10. The first kappa shape index (κ1) is 22.7. The van der Waals surface area contributed by atoms with Crippen molar-refractivity contribution in [1.82, 2.24) is 10.2 Å². The first-order chi connectivity index (χ1) is 16.9. The molecule has 1 N–H and O–H groups in total. The van der Waals surface area contributed by atoms with Crippen molar-refractivity contribution in [2.75, 3.05) is 32.3 Å². The number of carbonyl (C=O) groups is 2. The Kier molecular flexibility index (Phi) is 5.77. The first-order valence-corrected chi connectivity index (χ1v) is 11.5. The summed E-state index contributed by atoms with van der Waals surface area (Å²) in [5.74, 6) is -0.143. The van der Waals surface area contributed by atoms with E-state index in [0.29, 0.717) is 52.3 Å². The van der Waals surface area contributed by atoms with Crippen molar-refractivity contribution < 1.29 is 33.6 Å². The number of ether oxygens (including phenoxy) is 4. The van der Waals surface area contributed by atoms with Gasteiger partial charge < -0.3 is 24.1 Å². The molecule has 1 fully saturated rings. The van der Waals surface area contributed by atoms with E-state index in [1.165, 1.54) is 30.5 Å². The molecule has 11 heteroatoms. The summed E-state index contributed by atoms with van der Waals surface area (Å²) in [6, 6.07) is 8.90. The predicted octanol–water partition coefficient (Wildman–Crippen LogP) is 3.26. The molecular weight excluding hydrogens is 474 g/mol. The molecule has 2 aliphatic rings. The lowest BCUT2D eigenvalue weighted by molar-refractivity contribution is -0.132. The van der Waals surface area contributed by atoms with Crippen LogP contribution in [0.5, 0.6) is 23.0 Å². The minimum absolute atomic E-state index is 0.0910. The molecule has 3 aromatic rings. The zero-order valence-corrected chi connectivity index (χ0v) is 19.9. The van der Waals surface area contributed by atoms with E-state index in [0.717, 1.165) is 0 Å². The van der Waals surface area contributed by atoms with Crippen LogP contribution in [-0.4, -0.2) is 54.4 Å². The van der Waals surface area contributed by atoms with Crippen LogP contribution in [0.25, 0.3) is 5.76 Å². The molecule has 1 amide bonds. The maximum absolute atomic E-state index is 13.3. The second-order valence-corrected chi connectivity index (χ2v) is 8.91. The van der Waals surface area contributed by atoms with E-state index in [1.54, 1.807) is 43.3 Å². The lowest BCUT2D eigenvalue weighted by Gasteiger charge is -2.23. The zero-order chi connectivity index (χ0) is 24.7. The maximum atomic E-state index is 13.3. The number of aliphatic hydroxyl groups excluding tert-OH is 1. The highest BCUT2D eigenvalue weighted by atomic mass is 32.1. The largest absolute Gasteiger partial charge is 0.507 e. The van der Waals surface area contributed by atoms with Crippen molar-refractivity contribution in [3.8, 4) is 23.0 Å². The summed E-state index contributed by atoms with van der Waals surface area (Å²) in [7, 11) is 3.00. The number of carbonyl (C=O) groups excluding carboxylic acids is 2. The summed E-state index contributed by atoms with van der Waals surface area (Å²) in [4.78, 5) is 27.8. The molecular formula is C24H21N3O7S. The van der Waals surface area contributed by atoms with E-state index in [4.69, 9.17) is 18.9 Å². The Bertz CT molecular complexity index is 1370. The Morgan fingerprint density at radius 2 is 1.77 bits per heavy atom. The highest BCUT2D eigenvalue weighted by Crippen LogP contribution is 2.45. The summed E-state index contributed by atoms with van der Waals surface area (Å²) in [6.45, 7) is 2.53. The summed E-state index contributed by atoms with van der Waals surface area (Å²) < 4.78 is 21.9. The van der Waals surface area contributed by atoms with Gasteiger partial charge in [-0.1, -0.05) is 17.4 Å². The molecule has 1 unspecified atom stereocenters. The van der Waals surface area contributed by atoms with Gasteiger partial charge in [-0.15, -0.1) is 10.2 Å². The van der Waals surface area contributed by atoms with Crippen LogP contribution in [0.4, 0.5) is 5.13 Å². The fraction of sp³-hybridized carbons (Fsp3) is 0.250. The smallest absolute Gasteiger partial charge is 0.301 e. The summed E-state index contributed by atoms with van der Waals surface area (Å²) in [6.07, 6.45) is 0. The van der Waals surface area contributed by atoms with Gasteiger partial charge in [0, 0.05) is 5.56 Å². The molecule has 3 heterocycles. The summed E-state index contributed by atoms with van der Waals surface area (Å²) in [5, 5.41) is 20.3. The van der Waals surface area contributed by atoms with Crippen molar-refractivity contribution >= 4 is 33.9 Å². The Morgan fingerprint density at radius 3 is 2.46 bits per heavy atom. The normalized spacial score (nSPS) is 18.6. The van der Waals surface area contributed by atoms with E-state index in [1.807, 2.05) is 0 Å². The number of ketones is 1. The molecule has 0 saturated carbocycles. The first-order valence-electron chi connectivity index (χ1n) is 10.7. The fourth-order valence-corrected chi connectivity index (χ4v) is 4.81. The molecule has 180 valence electrons. The number of amides is 1. The third kappa shape index (κ3) is 3.83. The van der Waals surface area contributed by atoms with Gasteiger partial charge in [0.1, 0.15) is 24.0 Å². The number of anilines is 1. The number of fused-ring (bicyclic) bond motifs is 1. The van der Waals surface area contributed by atoms with Gasteiger partial charge in [-0.3, -0.25) is 14.5 Å². The minimum atomic E-state index is -0.977. The number of Topliss-reactive ketones (excluding diaryl/α,β-unsaturated/α-hetero) is 1. The Morgan fingerprint density at radius 1 is 1.03 bits per heavy atom. The van der Waals surface area contributed by atoms with Gasteiger partial charge in [-0.05, 0) is 42.8 Å². The second kappa shape index (κ2) is 8.91. The van der Waals surface area contributed by atoms with Gasteiger partial charge in [0.05, 0.1) is 25.8 Å². The van der Waals surface area contributed by atoms with Crippen molar-refractivity contribution in [2.45, 2.75) is 13.0 Å². The lowest BCUT2D eigenvalue weighted by atomic mass is 9.95. The Balaban J connectivity index is 1.70. The minimum Gasteiger partial charge on any atom is -0.507 e. The monoisotopic (exact) mass is 495 g/mol. The number of hydrogen-bond acceptors (Lipinski definition) is 10. The zero-order valence-electron chi connectivity index (χ0n) is 19.1. The van der Waals surface area contributed by atoms with E-state index >= 15 is 0 Å². The van der Waals surface area contributed by atoms with Crippen molar-refractivity contribution in [1.29, 1.82) is 0 Å². The number of rotatable bonds is 5. The van der Waals surface area contributed by atoms with Gasteiger partial charge in [-0.25, -0.2) is 0 Å². The van der Waals surface area contributed by atoms with Gasteiger partial charge in [0.15, 0.2) is 23.0 Å². The van der Waals surface area contributed by atoms with Crippen LogP contribution in [0.15, 0.2) is 42.0 Å². The molecule has 2 aliphatic heterocycles. The van der Waals surface area contributed by atoms with Crippen LogP contribution >= 0.6 is 11.3 Å². The SMILES string of the molecule is COc1ccc(C2/C(=C(/O)c3ccc4c(c3)OCCO4)C(=O)C(=O)N2c2nnc(C)s2)cc1OC. The molecule has 1 aromatic heterocycles. The molecule has 1 saturated heterocycles. The summed E-state index contributed by atoms with van der Waals surface area (Å²) in [5.41, 5.74) is 0.742. The van der Waals surface area contributed by atoms with E-state index in [-0.39, 0.29) is 16.5 Å². The van der Waals surface area contributed by atoms with Gasteiger partial charge in [0.2, 0.25) is 5.13 Å². The maximum Gasteiger partial charge on any atom is 0.301 e. The Labute approximate surface area is 204 Å². The number of methoxy groups -OCH3 is 2. The number of nitrogens with zero attached hydrogens (tertiary/aromatic N) is 3. The number of benzene rings is 2. The topological polar surface area (TPSA) is 120 Å². The van der Waals surface area contributed by atoms with Gasteiger partial charge in [0.25, 0.3) is 5.78 Å². The van der Waals surface area contributed by atoms with Crippen LogP contribution < -0.4 is 23.8 Å². The third-order valence-corrected chi connectivity index (χ3v) is 6.54. The average Bonchev–Trinajstić information content (AvgIpc) is 3.42. The molecule has 0 radical (unpaired) electrons. The Hall–Kier alpha value is -4.12. The second-order valence-electron chi connectivity index (χ2n) is 7.75. The number of aliphatic hydroxyl groups is 1. The highest BCUT2D eigenvalue weighted by Gasteiger charge is 2.48. The predicted molar refractivity (Wildman–Crippen MR) is 126 cm³/mol. The van der Waals surface area contributed by atoms with Crippen LogP contribution in [0, 0.1) is 6.92 Å². The molecule has 0 aliphatic carbocycles. The van der Waals surface area contributed by atoms with Gasteiger partial charge in [-0.2, -0.15) is 0 Å². The summed E-state index contributed by atoms with van der Waals surface area (Å²) >= 11 is 1.17. The molecule has 5 rings (SSSR count). The number of aryl methyl sites for hydroxylation is 1. The highest BCUT2D eigenvalue weighted by molar-refractivity contribution is 7.15. The van der Waals surface area contributed by atoms with E-state index in [9.17, 15) is 14.7 Å². The van der Waals surface area contributed by atoms with Crippen LogP contribution in [0.2, 0.25) is 0 Å². The molecule has 35 heavy (non-hydrogen) atoms. The van der Waals surface area contributed by atoms with Crippen LogP contribution in [0.3, 0.4) is 0 Å². The van der Waals surface area contributed by atoms with Crippen molar-refractivity contribution in [3.05, 3.63) is 58.1 Å². The molecule has 0 spiro atoms.